The van der Waals surface area contributed by atoms with Crippen molar-refractivity contribution >= 4 is 38.1 Å². The highest BCUT2D eigenvalue weighted by molar-refractivity contribution is 7.91. The molecule has 176 valence electrons. The highest BCUT2D eigenvalue weighted by Crippen LogP contribution is 2.32. The lowest BCUT2D eigenvalue weighted by Crippen LogP contribution is -2.23. The number of sulfone groups is 1. The van der Waals surface area contributed by atoms with Gasteiger partial charge in [0.15, 0.2) is 15.5 Å². The van der Waals surface area contributed by atoms with Gasteiger partial charge in [-0.15, -0.1) is 11.3 Å². The molecule has 4 aromatic rings. The van der Waals surface area contributed by atoms with Crippen LogP contribution in [0, 0.1) is 6.92 Å². The fourth-order valence-corrected chi connectivity index (χ4v) is 6.79. The molecular weight excluding hydrogens is 468 g/mol. The Morgan fingerprint density at radius 2 is 2.03 bits per heavy atom. The van der Waals surface area contributed by atoms with Gasteiger partial charge in [-0.1, -0.05) is 37.3 Å². The molecule has 1 N–H and O–H groups in total. The molecule has 1 atom stereocenters. The van der Waals surface area contributed by atoms with Crippen molar-refractivity contribution < 1.29 is 13.2 Å². The molecule has 0 bridgehead atoms. The van der Waals surface area contributed by atoms with Gasteiger partial charge in [0.1, 0.15) is 0 Å². The summed E-state index contributed by atoms with van der Waals surface area (Å²) in [6, 6.07) is 13.6. The number of pyridine rings is 1. The monoisotopic (exact) mass is 494 g/mol. The molecule has 5 rings (SSSR count). The summed E-state index contributed by atoms with van der Waals surface area (Å²) < 4.78 is 26.0. The summed E-state index contributed by atoms with van der Waals surface area (Å²) in [6.45, 7) is 4.39. The molecule has 4 heterocycles. The maximum atomic E-state index is 13.4. The van der Waals surface area contributed by atoms with Gasteiger partial charge in [-0.2, -0.15) is 5.10 Å². The van der Waals surface area contributed by atoms with Gasteiger partial charge in [-0.05, 0) is 42.8 Å². The third-order valence-corrected chi connectivity index (χ3v) is 8.92. The number of hydrogen-bond donors (Lipinski definition) is 1. The second-order valence-electron chi connectivity index (χ2n) is 8.65. The molecule has 9 heteroatoms. The van der Waals surface area contributed by atoms with E-state index in [-0.39, 0.29) is 23.5 Å². The fourth-order valence-electron chi connectivity index (χ4n) is 4.45. The first kappa shape index (κ1) is 22.7. The molecule has 1 aliphatic rings. The van der Waals surface area contributed by atoms with E-state index in [4.69, 9.17) is 4.98 Å². The van der Waals surface area contributed by atoms with Crippen LogP contribution in [0.5, 0.6) is 0 Å². The van der Waals surface area contributed by atoms with Gasteiger partial charge in [0.05, 0.1) is 46.4 Å². The van der Waals surface area contributed by atoms with Crippen molar-refractivity contribution in [3.63, 3.8) is 0 Å². The average Bonchev–Trinajstić information content (AvgIpc) is 3.56. The SMILES string of the molecule is CCc1ccc(-c2cc(C(=O)NCc3cccs3)c3c(C)nn(C4CCS(=O)(=O)C4)c3n2)cc1. The molecule has 0 saturated carbocycles. The summed E-state index contributed by atoms with van der Waals surface area (Å²) >= 11 is 1.59. The summed E-state index contributed by atoms with van der Waals surface area (Å²) in [4.78, 5) is 19.3. The minimum absolute atomic E-state index is 0.0419. The van der Waals surface area contributed by atoms with Crippen LogP contribution in [-0.2, 0) is 22.8 Å². The lowest BCUT2D eigenvalue weighted by atomic mass is 10.0. The number of nitrogens with one attached hydrogen (secondary N) is 1. The Bertz CT molecular complexity index is 1460. The Morgan fingerprint density at radius 3 is 2.68 bits per heavy atom. The first-order chi connectivity index (χ1) is 16.3. The average molecular weight is 495 g/mol. The zero-order valence-electron chi connectivity index (χ0n) is 19.1. The molecule has 0 spiro atoms. The van der Waals surface area contributed by atoms with Crippen LogP contribution in [0.25, 0.3) is 22.3 Å². The topological polar surface area (TPSA) is 94.0 Å². The molecule has 34 heavy (non-hydrogen) atoms. The third-order valence-electron chi connectivity index (χ3n) is 6.30. The summed E-state index contributed by atoms with van der Waals surface area (Å²) in [5.74, 6) is -0.0149. The normalized spacial score (nSPS) is 17.3. The number of carbonyl (C=O) groups excluding carboxylic acids is 1. The van der Waals surface area contributed by atoms with Gasteiger partial charge >= 0.3 is 0 Å². The van der Waals surface area contributed by atoms with Crippen LogP contribution in [0.1, 0.15) is 45.9 Å². The highest BCUT2D eigenvalue weighted by Gasteiger charge is 2.32. The van der Waals surface area contributed by atoms with Crippen molar-refractivity contribution in [1.82, 2.24) is 20.1 Å². The Hall–Kier alpha value is -3.04. The first-order valence-corrected chi connectivity index (χ1v) is 14.0. The van der Waals surface area contributed by atoms with Gasteiger partial charge in [0.25, 0.3) is 5.91 Å². The summed E-state index contributed by atoms with van der Waals surface area (Å²) in [7, 11) is -3.10. The molecule has 1 saturated heterocycles. The van der Waals surface area contributed by atoms with E-state index >= 15 is 0 Å². The fraction of sp³-hybridized carbons (Fsp3) is 0.320. The van der Waals surface area contributed by atoms with Crippen LogP contribution in [0.15, 0.2) is 47.8 Å². The number of nitrogens with zero attached hydrogens (tertiary/aromatic N) is 3. The Balaban J connectivity index is 1.63. The van der Waals surface area contributed by atoms with Crippen molar-refractivity contribution in [2.75, 3.05) is 11.5 Å². The number of thiophene rings is 1. The molecule has 1 fully saturated rings. The molecule has 3 aromatic heterocycles. The van der Waals surface area contributed by atoms with Crippen LogP contribution in [0.2, 0.25) is 0 Å². The predicted octanol–water partition coefficient (Wildman–Crippen LogP) is 4.32. The van der Waals surface area contributed by atoms with Gasteiger partial charge in [0, 0.05) is 10.4 Å². The second-order valence-corrected chi connectivity index (χ2v) is 11.9. The van der Waals surface area contributed by atoms with E-state index in [1.54, 1.807) is 16.0 Å². The molecule has 0 aliphatic carbocycles. The predicted molar refractivity (Wildman–Crippen MR) is 135 cm³/mol. The number of carbonyl (C=O) groups is 1. The van der Waals surface area contributed by atoms with E-state index in [9.17, 15) is 13.2 Å². The quantitative estimate of drug-likeness (QED) is 0.431. The zero-order valence-corrected chi connectivity index (χ0v) is 20.7. The van der Waals surface area contributed by atoms with Crippen LogP contribution in [-0.4, -0.2) is 40.6 Å². The number of hydrogen-bond acceptors (Lipinski definition) is 6. The summed E-state index contributed by atoms with van der Waals surface area (Å²) in [5.41, 5.74) is 4.50. The molecule has 1 aliphatic heterocycles. The van der Waals surface area contributed by atoms with Crippen LogP contribution in [0.4, 0.5) is 0 Å². The van der Waals surface area contributed by atoms with Crippen LogP contribution < -0.4 is 5.32 Å². The molecule has 1 amide bonds. The van der Waals surface area contributed by atoms with E-state index in [1.807, 2.05) is 42.6 Å². The summed E-state index contributed by atoms with van der Waals surface area (Å²) in [6.07, 6.45) is 1.43. The van der Waals surface area contributed by atoms with Gasteiger partial charge < -0.3 is 5.32 Å². The summed E-state index contributed by atoms with van der Waals surface area (Å²) in [5, 5.41) is 10.3. The van der Waals surface area contributed by atoms with Crippen molar-refractivity contribution in [1.29, 1.82) is 0 Å². The number of aromatic nitrogens is 3. The Kier molecular flexibility index (Phi) is 5.99. The Labute approximate surface area is 202 Å². The minimum Gasteiger partial charge on any atom is -0.347 e. The van der Waals surface area contributed by atoms with Crippen LogP contribution >= 0.6 is 11.3 Å². The smallest absolute Gasteiger partial charge is 0.252 e. The van der Waals surface area contributed by atoms with E-state index in [0.29, 0.717) is 41.0 Å². The van der Waals surface area contributed by atoms with Gasteiger partial charge in [-0.3, -0.25) is 4.79 Å². The largest absolute Gasteiger partial charge is 0.347 e. The lowest BCUT2D eigenvalue weighted by Gasteiger charge is -2.12. The van der Waals surface area contributed by atoms with Crippen LogP contribution in [0.3, 0.4) is 0 Å². The first-order valence-electron chi connectivity index (χ1n) is 11.3. The van der Waals surface area contributed by atoms with Crippen molar-refractivity contribution in [3.05, 3.63) is 69.5 Å². The van der Waals surface area contributed by atoms with E-state index in [1.165, 1.54) is 5.56 Å². The second kappa shape index (κ2) is 8.96. The van der Waals surface area contributed by atoms with Gasteiger partial charge in [0.2, 0.25) is 0 Å². The molecule has 0 radical (unpaired) electrons. The highest BCUT2D eigenvalue weighted by atomic mass is 32.2. The lowest BCUT2D eigenvalue weighted by molar-refractivity contribution is 0.0953. The minimum atomic E-state index is -3.10. The molecule has 7 nitrogen and oxygen atoms in total. The van der Waals surface area contributed by atoms with Gasteiger partial charge in [-0.25, -0.2) is 18.1 Å². The number of aryl methyl sites for hydroxylation is 2. The van der Waals surface area contributed by atoms with E-state index in [2.05, 4.69) is 29.5 Å². The maximum Gasteiger partial charge on any atom is 0.252 e. The maximum absolute atomic E-state index is 13.4. The van der Waals surface area contributed by atoms with E-state index in [0.717, 1.165) is 16.9 Å². The zero-order chi connectivity index (χ0) is 23.9. The number of benzene rings is 1. The molecule has 1 aromatic carbocycles. The van der Waals surface area contributed by atoms with E-state index < -0.39 is 9.84 Å². The van der Waals surface area contributed by atoms with Crippen molar-refractivity contribution in [3.8, 4) is 11.3 Å². The Morgan fingerprint density at radius 1 is 1.24 bits per heavy atom. The number of rotatable bonds is 6. The molecule has 1 unspecified atom stereocenters. The van der Waals surface area contributed by atoms with Crippen molar-refractivity contribution in [2.24, 2.45) is 0 Å². The number of fused-ring (bicyclic) bond motifs is 1. The van der Waals surface area contributed by atoms with Crippen molar-refractivity contribution in [2.45, 2.75) is 39.3 Å². The third kappa shape index (κ3) is 4.37. The standard InChI is InChI=1S/C25H26N4O3S2/c1-3-17-6-8-18(9-7-17)22-13-21(25(30)26-14-20-5-4-11-33-20)23-16(2)28-29(24(23)27-22)19-10-12-34(31,32)15-19/h4-9,11,13,19H,3,10,12,14-15H2,1-2H3,(H,26,30). The number of amides is 1. The molecular formula is C25H26N4O3S2.